The average molecular weight is 456 g/mol. The SMILES string of the molecule is Cc1cc(Cl)ccc1NC(=O)c1cccnc1SCC(=O)Nc1ccc2c(c1)OCO2. The van der Waals surface area contributed by atoms with Crippen LogP contribution in [0.15, 0.2) is 59.8 Å². The third-order valence-corrected chi connectivity index (χ3v) is 5.69. The number of ether oxygens (including phenoxy) is 2. The number of rotatable bonds is 6. The van der Waals surface area contributed by atoms with Crippen LogP contribution in [0.1, 0.15) is 15.9 Å². The van der Waals surface area contributed by atoms with Crippen molar-refractivity contribution < 1.29 is 19.1 Å². The number of aryl methyl sites for hydroxylation is 1. The number of amides is 2. The highest BCUT2D eigenvalue weighted by molar-refractivity contribution is 8.00. The third-order valence-electron chi connectivity index (χ3n) is 4.45. The highest BCUT2D eigenvalue weighted by atomic mass is 35.5. The van der Waals surface area contributed by atoms with E-state index in [1.54, 1.807) is 54.7 Å². The molecule has 0 radical (unpaired) electrons. The van der Waals surface area contributed by atoms with Gasteiger partial charge < -0.3 is 20.1 Å². The number of benzene rings is 2. The number of nitrogens with one attached hydrogen (secondary N) is 2. The summed E-state index contributed by atoms with van der Waals surface area (Å²) in [7, 11) is 0. The van der Waals surface area contributed by atoms with E-state index < -0.39 is 0 Å². The van der Waals surface area contributed by atoms with E-state index in [4.69, 9.17) is 21.1 Å². The Balaban J connectivity index is 1.40. The van der Waals surface area contributed by atoms with Crippen LogP contribution >= 0.6 is 23.4 Å². The van der Waals surface area contributed by atoms with Gasteiger partial charge in [0.2, 0.25) is 12.7 Å². The number of halogens is 1. The first-order chi connectivity index (χ1) is 15.0. The first-order valence-electron chi connectivity index (χ1n) is 9.34. The zero-order chi connectivity index (χ0) is 21.8. The summed E-state index contributed by atoms with van der Waals surface area (Å²) < 4.78 is 10.6. The van der Waals surface area contributed by atoms with Gasteiger partial charge in [0.05, 0.1) is 11.3 Å². The Morgan fingerprint density at radius 2 is 1.94 bits per heavy atom. The molecule has 31 heavy (non-hydrogen) atoms. The van der Waals surface area contributed by atoms with Crippen LogP contribution in [0.3, 0.4) is 0 Å². The van der Waals surface area contributed by atoms with E-state index in [0.717, 1.165) is 5.56 Å². The smallest absolute Gasteiger partial charge is 0.258 e. The van der Waals surface area contributed by atoms with Gasteiger partial charge in [-0.3, -0.25) is 9.59 Å². The quantitative estimate of drug-likeness (QED) is 0.521. The molecule has 2 aromatic carbocycles. The van der Waals surface area contributed by atoms with Crippen LogP contribution in [0.2, 0.25) is 5.02 Å². The topological polar surface area (TPSA) is 89.6 Å². The number of hydrogen-bond acceptors (Lipinski definition) is 6. The third kappa shape index (κ3) is 5.10. The molecular weight excluding hydrogens is 438 g/mol. The van der Waals surface area contributed by atoms with Gasteiger partial charge in [-0.25, -0.2) is 4.98 Å². The Labute approximate surface area is 188 Å². The Bertz CT molecular complexity index is 1160. The molecule has 158 valence electrons. The van der Waals surface area contributed by atoms with Gasteiger partial charge in [-0.15, -0.1) is 0 Å². The molecule has 4 rings (SSSR count). The van der Waals surface area contributed by atoms with Crippen molar-refractivity contribution in [2.75, 3.05) is 23.2 Å². The molecule has 0 saturated heterocycles. The Hall–Kier alpha value is -3.23. The second-order valence-corrected chi connectivity index (χ2v) is 8.07. The first kappa shape index (κ1) is 21.0. The number of pyridine rings is 1. The molecule has 0 aliphatic carbocycles. The zero-order valence-corrected chi connectivity index (χ0v) is 18.0. The highest BCUT2D eigenvalue weighted by Crippen LogP contribution is 2.34. The standard InChI is InChI=1S/C22H18ClN3O4S/c1-13-9-14(23)4-6-17(13)26-21(28)16-3-2-8-24-22(16)31-11-20(27)25-15-5-7-18-19(10-15)30-12-29-18/h2-10H,11-12H2,1H3,(H,25,27)(H,26,28). The molecule has 1 aromatic heterocycles. The van der Waals surface area contributed by atoms with Crippen LogP contribution in [0.5, 0.6) is 11.5 Å². The van der Waals surface area contributed by atoms with E-state index in [2.05, 4.69) is 15.6 Å². The molecule has 7 nitrogen and oxygen atoms in total. The van der Waals surface area contributed by atoms with E-state index in [9.17, 15) is 9.59 Å². The molecule has 2 amide bonds. The van der Waals surface area contributed by atoms with Crippen molar-refractivity contribution in [3.8, 4) is 11.5 Å². The fourth-order valence-electron chi connectivity index (χ4n) is 2.94. The van der Waals surface area contributed by atoms with E-state index in [-0.39, 0.29) is 24.4 Å². The van der Waals surface area contributed by atoms with Crippen molar-refractivity contribution in [3.05, 3.63) is 70.9 Å². The lowest BCUT2D eigenvalue weighted by Gasteiger charge is -2.11. The summed E-state index contributed by atoms with van der Waals surface area (Å²) in [6, 6.07) is 13.8. The summed E-state index contributed by atoms with van der Waals surface area (Å²) >= 11 is 7.16. The summed E-state index contributed by atoms with van der Waals surface area (Å²) in [4.78, 5) is 29.5. The molecule has 0 atom stereocenters. The lowest BCUT2D eigenvalue weighted by atomic mass is 10.2. The molecule has 0 fully saturated rings. The molecule has 9 heteroatoms. The van der Waals surface area contributed by atoms with Crippen molar-refractivity contribution in [3.63, 3.8) is 0 Å². The van der Waals surface area contributed by atoms with Crippen LogP contribution in [-0.2, 0) is 4.79 Å². The maximum Gasteiger partial charge on any atom is 0.258 e. The van der Waals surface area contributed by atoms with Gasteiger partial charge in [0.15, 0.2) is 11.5 Å². The molecule has 2 heterocycles. The molecule has 0 unspecified atom stereocenters. The Morgan fingerprint density at radius 3 is 2.77 bits per heavy atom. The van der Waals surface area contributed by atoms with Crippen molar-refractivity contribution >= 4 is 46.6 Å². The predicted molar refractivity (Wildman–Crippen MR) is 120 cm³/mol. The molecule has 3 aromatic rings. The second-order valence-electron chi connectivity index (χ2n) is 6.67. The van der Waals surface area contributed by atoms with Crippen molar-refractivity contribution in [1.82, 2.24) is 4.98 Å². The van der Waals surface area contributed by atoms with Crippen molar-refractivity contribution in [1.29, 1.82) is 0 Å². The van der Waals surface area contributed by atoms with Crippen LogP contribution in [-0.4, -0.2) is 29.3 Å². The molecule has 0 bridgehead atoms. The number of carbonyl (C=O) groups is 2. The maximum absolute atomic E-state index is 12.8. The summed E-state index contributed by atoms with van der Waals surface area (Å²) in [6.07, 6.45) is 1.59. The number of fused-ring (bicyclic) bond motifs is 1. The van der Waals surface area contributed by atoms with Crippen molar-refractivity contribution in [2.45, 2.75) is 11.9 Å². The number of anilines is 2. The lowest BCUT2D eigenvalue weighted by molar-refractivity contribution is -0.113. The Kier molecular flexibility index (Phi) is 6.29. The maximum atomic E-state index is 12.8. The minimum Gasteiger partial charge on any atom is -0.454 e. The monoisotopic (exact) mass is 455 g/mol. The van der Waals surface area contributed by atoms with Gasteiger partial charge in [0.25, 0.3) is 5.91 Å². The van der Waals surface area contributed by atoms with Crippen LogP contribution in [0.25, 0.3) is 0 Å². The number of hydrogen-bond donors (Lipinski definition) is 2. The van der Waals surface area contributed by atoms with Crippen LogP contribution in [0, 0.1) is 6.92 Å². The Morgan fingerprint density at radius 1 is 1.10 bits per heavy atom. The van der Waals surface area contributed by atoms with Crippen LogP contribution in [0.4, 0.5) is 11.4 Å². The number of thioether (sulfide) groups is 1. The van der Waals surface area contributed by atoms with E-state index >= 15 is 0 Å². The van der Waals surface area contributed by atoms with Gasteiger partial charge in [-0.05, 0) is 55.0 Å². The molecular formula is C22H18ClN3O4S. The minimum atomic E-state index is -0.308. The van der Waals surface area contributed by atoms with Crippen LogP contribution < -0.4 is 20.1 Å². The normalized spacial score (nSPS) is 11.8. The number of aromatic nitrogens is 1. The largest absolute Gasteiger partial charge is 0.454 e. The average Bonchev–Trinajstić information content (AvgIpc) is 3.22. The summed E-state index contributed by atoms with van der Waals surface area (Å²) in [5.41, 5.74) is 2.50. The fraction of sp³-hybridized carbons (Fsp3) is 0.136. The van der Waals surface area contributed by atoms with Gasteiger partial charge in [0, 0.05) is 28.7 Å². The highest BCUT2D eigenvalue weighted by Gasteiger charge is 2.17. The number of carbonyl (C=O) groups excluding carboxylic acids is 2. The molecule has 1 aliphatic rings. The summed E-state index contributed by atoms with van der Waals surface area (Å²) in [6.45, 7) is 2.03. The lowest BCUT2D eigenvalue weighted by Crippen LogP contribution is -2.16. The fourth-order valence-corrected chi connectivity index (χ4v) is 3.96. The predicted octanol–water partition coefficient (Wildman–Crippen LogP) is 4.76. The van der Waals surface area contributed by atoms with Crippen molar-refractivity contribution in [2.24, 2.45) is 0 Å². The molecule has 0 saturated carbocycles. The summed E-state index contributed by atoms with van der Waals surface area (Å²) in [5.74, 6) is 0.789. The van der Waals surface area contributed by atoms with Gasteiger partial charge in [-0.2, -0.15) is 0 Å². The molecule has 0 spiro atoms. The van der Waals surface area contributed by atoms with E-state index in [1.807, 2.05) is 6.92 Å². The van der Waals surface area contributed by atoms with Gasteiger partial charge in [-0.1, -0.05) is 23.4 Å². The second kappa shape index (κ2) is 9.28. The van der Waals surface area contributed by atoms with E-state index in [1.165, 1.54) is 11.8 Å². The zero-order valence-electron chi connectivity index (χ0n) is 16.5. The number of nitrogens with zero attached hydrogens (tertiary/aromatic N) is 1. The molecule has 2 N–H and O–H groups in total. The minimum absolute atomic E-state index is 0.0890. The van der Waals surface area contributed by atoms with Gasteiger partial charge >= 0.3 is 0 Å². The first-order valence-corrected chi connectivity index (χ1v) is 10.7. The molecule has 1 aliphatic heterocycles. The van der Waals surface area contributed by atoms with Gasteiger partial charge in [0.1, 0.15) is 5.03 Å². The van der Waals surface area contributed by atoms with E-state index in [0.29, 0.717) is 38.5 Å². The summed E-state index contributed by atoms with van der Waals surface area (Å²) in [5, 5.41) is 6.74.